The molecular weight excluding hydrogens is 414 g/mol. The number of hydrogen-bond donors (Lipinski definition) is 3. The minimum Gasteiger partial charge on any atom is -0.496 e. The molecule has 0 heterocycles. The van der Waals surface area contributed by atoms with Gasteiger partial charge in [0.05, 0.1) is 12.0 Å². The molecule has 2 aromatic carbocycles. The summed E-state index contributed by atoms with van der Waals surface area (Å²) in [4.78, 5) is 36.0. The molecule has 0 aliphatic heterocycles. The lowest BCUT2D eigenvalue weighted by Gasteiger charge is -2.15. The summed E-state index contributed by atoms with van der Waals surface area (Å²) in [5.41, 5.74) is 0.596. The fourth-order valence-electron chi connectivity index (χ4n) is 2.34. The summed E-state index contributed by atoms with van der Waals surface area (Å²) in [6, 6.07) is 11.7. The third-order valence-electron chi connectivity index (χ3n) is 3.91. The standard InChI is InChI=1S/C19H21N3O7S/c1-12(17(23)22-19(25)21-11-13-6-4-3-5-7-13)29-18(24)15-10-14(30(20,26)27)8-9-16(15)28-2/h3-10,12H,11H2,1-2H3,(H2,20,26,27)(H2,21,22,23,25). The molecule has 0 saturated heterocycles. The Morgan fingerprint density at radius 3 is 2.37 bits per heavy atom. The van der Waals surface area contributed by atoms with Crippen LogP contribution >= 0.6 is 0 Å². The number of carbonyl (C=O) groups is 3. The zero-order valence-electron chi connectivity index (χ0n) is 16.2. The quantitative estimate of drug-likeness (QED) is 0.546. The number of rotatable bonds is 7. The van der Waals surface area contributed by atoms with Crippen molar-refractivity contribution in [1.29, 1.82) is 0 Å². The van der Waals surface area contributed by atoms with Crippen LogP contribution in [0, 0.1) is 0 Å². The van der Waals surface area contributed by atoms with Gasteiger partial charge in [-0.05, 0) is 30.7 Å². The SMILES string of the molecule is COc1ccc(S(N)(=O)=O)cc1C(=O)OC(C)C(=O)NC(=O)NCc1ccccc1. The predicted molar refractivity (Wildman–Crippen MR) is 106 cm³/mol. The second-order valence-electron chi connectivity index (χ2n) is 6.11. The van der Waals surface area contributed by atoms with E-state index in [1.54, 1.807) is 24.3 Å². The van der Waals surface area contributed by atoms with E-state index in [2.05, 4.69) is 10.6 Å². The summed E-state index contributed by atoms with van der Waals surface area (Å²) in [7, 11) is -2.80. The molecule has 0 fully saturated rings. The van der Waals surface area contributed by atoms with Gasteiger partial charge in [-0.3, -0.25) is 10.1 Å². The number of esters is 1. The third-order valence-corrected chi connectivity index (χ3v) is 4.82. The molecule has 2 rings (SSSR count). The lowest BCUT2D eigenvalue weighted by atomic mass is 10.2. The van der Waals surface area contributed by atoms with E-state index >= 15 is 0 Å². The highest BCUT2D eigenvalue weighted by molar-refractivity contribution is 7.89. The first-order valence-corrected chi connectivity index (χ1v) is 10.2. The lowest BCUT2D eigenvalue weighted by molar-refractivity contribution is -0.127. The van der Waals surface area contributed by atoms with E-state index in [-0.39, 0.29) is 22.8 Å². The number of methoxy groups -OCH3 is 1. The van der Waals surface area contributed by atoms with Gasteiger partial charge < -0.3 is 14.8 Å². The molecule has 1 unspecified atom stereocenters. The Kier molecular flexibility index (Phi) is 7.50. The molecule has 10 nitrogen and oxygen atoms in total. The molecule has 0 aliphatic rings. The van der Waals surface area contributed by atoms with Gasteiger partial charge in [-0.25, -0.2) is 23.1 Å². The topological polar surface area (TPSA) is 154 Å². The number of imide groups is 1. The molecule has 160 valence electrons. The molecule has 0 bridgehead atoms. The lowest BCUT2D eigenvalue weighted by Crippen LogP contribution is -2.44. The smallest absolute Gasteiger partial charge is 0.342 e. The van der Waals surface area contributed by atoms with Gasteiger partial charge in [0.1, 0.15) is 11.3 Å². The summed E-state index contributed by atoms with van der Waals surface area (Å²) in [5.74, 6) is -1.86. The Bertz CT molecular complexity index is 1040. The van der Waals surface area contributed by atoms with Gasteiger partial charge in [-0.2, -0.15) is 0 Å². The first kappa shape index (κ1) is 22.8. The molecule has 1 atom stereocenters. The first-order chi connectivity index (χ1) is 14.1. The van der Waals surface area contributed by atoms with E-state index in [1.807, 2.05) is 6.07 Å². The fourth-order valence-corrected chi connectivity index (χ4v) is 2.88. The van der Waals surface area contributed by atoms with Gasteiger partial charge >= 0.3 is 12.0 Å². The zero-order valence-corrected chi connectivity index (χ0v) is 17.1. The van der Waals surface area contributed by atoms with Crippen molar-refractivity contribution in [1.82, 2.24) is 10.6 Å². The molecule has 4 N–H and O–H groups in total. The highest BCUT2D eigenvalue weighted by atomic mass is 32.2. The van der Waals surface area contributed by atoms with Crippen LogP contribution in [-0.4, -0.2) is 39.5 Å². The number of benzene rings is 2. The average Bonchev–Trinajstić information content (AvgIpc) is 2.71. The number of amides is 3. The van der Waals surface area contributed by atoms with Gasteiger partial charge in [-0.15, -0.1) is 0 Å². The molecule has 0 spiro atoms. The van der Waals surface area contributed by atoms with Crippen LogP contribution in [0.1, 0.15) is 22.8 Å². The molecule has 2 aromatic rings. The van der Waals surface area contributed by atoms with Crippen LogP contribution in [0.4, 0.5) is 4.79 Å². The number of sulfonamides is 1. The number of urea groups is 1. The Labute approximate surface area is 173 Å². The number of hydrogen-bond acceptors (Lipinski definition) is 7. The number of nitrogens with one attached hydrogen (secondary N) is 2. The van der Waals surface area contributed by atoms with Gasteiger partial charge in [0.2, 0.25) is 10.0 Å². The highest BCUT2D eigenvalue weighted by Crippen LogP contribution is 2.23. The summed E-state index contributed by atoms with van der Waals surface area (Å²) in [5, 5.41) is 9.62. The zero-order chi connectivity index (χ0) is 22.3. The number of nitrogens with two attached hydrogens (primary N) is 1. The highest BCUT2D eigenvalue weighted by Gasteiger charge is 2.24. The van der Waals surface area contributed by atoms with Crippen LogP contribution in [0.2, 0.25) is 0 Å². The van der Waals surface area contributed by atoms with Crippen LogP contribution in [0.15, 0.2) is 53.4 Å². The number of ether oxygens (including phenoxy) is 2. The maximum Gasteiger partial charge on any atom is 0.342 e. The summed E-state index contributed by atoms with van der Waals surface area (Å²) >= 11 is 0. The van der Waals surface area contributed by atoms with E-state index in [0.29, 0.717) is 0 Å². The minimum absolute atomic E-state index is 0.0283. The summed E-state index contributed by atoms with van der Waals surface area (Å²) in [6.45, 7) is 1.46. The fraction of sp³-hybridized carbons (Fsp3) is 0.211. The normalized spacial score (nSPS) is 11.8. The van der Waals surface area contributed by atoms with Crippen LogP contribution in [0.5, 0.6) is 5.75 Å². The maximum absolute atomic E-state index is 12.4. The monoisotopic (exact) mass is 435 g/mol. The van der Waals surface area contributed by atoms with Crippen LogP contribution in [0.25, 0.3) is 0 Å². The molecule has 0 saturated carbocycles. The van der Waals surface area contributed by atoms with Gasteiger partial charge in [0.25, 0.3) is 5.91 Å². The minimum atomic E-state index is -4.07. The van der Waals surface area contributed by atoms with Gasteiger partial charge in [-0.1, -0.05) is 30.3 Å². The Hall–Kier alpha value is -3.44. The van der Waals surface area contributed by atoms with Crippen molar-refractivity contribution >= 4 is 27.9 Å². The summed E-state index contributed by atoms with van der Waals surface area (Å²) in [6.07, 6.45) is -1.34. The molecule has 0 radical (unpaired) electrons. The van der Waals surface area contributed by atoms with E-state index in [0.717, 1.165) is 17.7 Å². The van der Waals surface area contributed by atoms with E-state index in [9.17, 15) is 22.8 Å². The van der Waals surface area contributed by atoms with E-state index in [1.165, 1.54) is 20.1 Å². The second kappa shape index (κ2) is 9.85. The molecular formula is C19H21N3O7S. The van der Waals surface area contributed by atoms with Crippen molar-refractivity contribution < 1.29 is 32.3 Å². The van der Waals surface area contributed by atoms with Gasteiger partial charge in [0.15, 0.2) is 6.10 Å². The molecule has 0 aromatic heterocycles. The number of carbonyl (C=O) groups excluding carboxylic acids is 3. The number of primary sulfonamides is 1. The van der Waals surface area contributed by atoms with Crippen molar-refractivity contribution in [3.63, 3.8) is 0 Å². The summed E-state index contributed by atoms with van der Waals surface area (Å²) < 4.78 is 33.0. The van der Waals surface area contributed by atoms with Crippen LogP contribution < -0.4 is 20.5 Å². The Morgan fingerprint density at radius 1 is 1.10 bits per heavy atom. The average molecular weight is 435 g/mol. The second-order valence-corrected chi connectivity index (χ2v) is 7.67. The van der Waals surface area contributed by atoms with E-state index in [4.69, 9.17) is 14.6 Å². The van der Waals surface area contributed by atoms with Crippen LogP contribution in [-0.2, 0) is 26.1 Å². The van der Waals surface area contributed by atoms with Crippen molar-refractivity contribution in [2.45, 2.75) is 24.5 Å². The van der Waals surface area contributed by atoms with Crippen molar-refractivity contribution in [2.24, 2.45) is 5.14 Å². The van der Waals surface area contributed by atoms with Crippen molar-refractivity contribution in [2.75, 3.05) is 7.11 Å². The first-order valence-electron chi connectivity index (χ1n) is 8.66. The van der Waals surface area contributed by atoms with Crippen LogP contribution in [0.3, 0.4) is 0 Å². The molecule has 0 aliphatic carbocycles. The molecule has 30 heavy (non-hydrogen) atoms. The molecule has 11 heteroatoms. The van der Waals surface area contributed by atoms with Crippen molar-refractivity contribution in [3.05, 3.63) is 59.7 Å². The maximum atomic E-state index is 12.4. The predicted octanol–water partition coefficient (Wildman–Crippen LogP) is 0.914. The third kappa shape index (κ3) is 6.29. The Morgan fingerprint density at radius 2 is 1.77 bits per heavy atom. The van der Waals surface area contributed by atoms with E-state index < -0.39 is 34.0 Å². The molecule has 3 amide bonds. The van der Waals surface area contributed by atoms with Crippen molar-refractivity contribution in [3.8, 4) is 5.75 Å². The van der Waals surface area contributed by atoms with Gasteiger partial charge in [0, 0.05) is 6.54 Å². The largest absolute Gasteiger partial charge is 0.496 e. The Balaban J connectivity index is 1.99.